The zero-order chi connectivity index (χ0) is 18.4. The largest absolute Gasteiger partial charge is 0.491 e. The summed E-state index contributed by atoms with van der Waals surface area (Å²) in [7, 11) is 0. The Balaban J connectivity index is 1.48. The number of H-pyrrole nitrogens is 1. The molecule has 2 aromatic heterocycles. The molecule has 27 heavy (non-hydrogen) atoms. The van der Waals surface area contributed by atoms with Crippen LogP contribution in [-0.4, -0.2) is 26.5 Å². The Kier molecular flexibility index (Phi) is 3.82. The van der Waals surface area contributed by atoms with Crippen LogP contribution in [0.4, 0.5) is 5.95 Å². The third-order valence-electron chi connectivity index (χ3n) is 4.80. The molecule has 3 N–H and O–H groups in total. The van der Waals surface area contributed by atoms with E-state index in [2.05, 4.69) is 36.9 Å². The molecule has 134 valence electrons. The van der Waals surface area contributed by atoms with E-state index in [9.17, 15) is 0 Å². The van der Waals surface area contributed by atoms with E-state index in [4.69, 9.17) is 15.5 Å². The Hall–Kier alpha value is -2.93. The van der Waals surface area contributed by atoms with Gasteiger partial charge in [-0.25, -0.2) is 15.0 Å². The van der Waals surface area contributed by atoms with Gasteiger partial charge in [0.05, 0.1) is 33.7 Å². The number of hydrogen-bond donors (Lipinski definition) is 2. The average molecular weight is 422 g/mol. The summed E-state index contributed by atoms with van der Waals surface area (Å²) in [5.74, 6) is 2.34. The van der Waals surface area contributed by atoms with Gasteiger partial charge in [0.25, 0.3) is 0 Å². The van der Waals surface area contributed by atoms with Crippen molar-refractivity contribution in [2.75, 3.05) is 12.3 Å². The van der Waals surface area contributed by atoms with Gasteiger partial charge < -0.3 is 15.5 Å². The lowest BCUT2D eigenvalue weighted by Gasteiger charge is -2.24. The maximum absolute atomic E-state index is 5.99. The van der Waals surface area contributed by atoms with Crippen molar-refractivity contribution in [2.24, 2.45) is 0 Å². The number of anilines is 1. The van der Waals surface area contributed by atoms with E-state index >= 15 is 0 Å². The molecule has 0 aliphatic carbocycles. The van der Waals surface area contributed by atoms with Gasteiger partial charge in [-0.2, -0.15) is 0 Å². The molecule has 6 nitrogen and oxygen atoms in total. The van der Waals surface area contributed by atoms with Crippen molar-refractivity contribution in [1.29, 1.82) is 0 Å². The van der Waals surface area contributed by atoms with E-state index in [0.717, 1.165) is 44.8 Å². The minimum Gasteiger partial charge on any atom is -0.491 e. The van der Waals surface area contributed by atoms with Gasteiger partial charge in [0.15, 0.2) is 0 Å². The first kappa shape index (κ1) is 16.3. The second kappa shape index (κ2) is 6.35. The van der Waals surface area contributed by atoms with Gasteiger partial charge in [-0.3, -0.25) is 0 Å². The number of nitrogen functional groups attached to an aromatic ring is 1. The highest BCUT2D eigenvalue weighted by atomic mass is 79.9. The Morgan fingerprint density at radius 1 is 1.15 bits per heavy atom. The van der Waals surface area contributed by atoms with Gasteiger partial charge in [-0.15, -0.1) is 0 Å². The summed E-state index contributed by atoms with van der Waals surface area (Å²) in [6.45, 7) is 0.602. The predicted molar refractivity (Wildman–Crippen MR) is 108 cm³/mol. The first-order chi connectivity index (χ1) is 13.2. The van der Waals surface area contributed by atoms with Crippen molar-refractivity contribution < 1.29 is 4.74 Å². The molecule has 0 amide bonds. The number of nitrogens with zero attached hydrogens (tertiary/aromatic N) is 3. The van der Waals surface area contributed by atoms with Crippen LogP contribution >= 0.6 is 15.9 Å². The fraction of sp³-hybridized carbons (Fsp3) is 0.150. The molecule has 4 aromatic rings. The number of aromatic amines is 1. The molecule has 5 rings (SSSR count). The number of para-hydroxylation sites is 1. The molecule has 3 heterocycles. The summed E-state index contributed by atoms with van der Waals surface area (Å²) in [4.78, 5) is 16.5. The molecule has 0 radical (unpaired) electrons. The molecule has 2 aromatic carbocycles. The van der Waals surface area contributed by atoms with E-state index in [0.29, 0.717) is 6.61 Å². The molecule has 1 atom stereocenters. The van der Waals surface area contributed by atoms with Crippen molar-refractivity contribution in [1.82, 2.24) is 19.9 Å². The lowest BCUT2D eigenvalue weighted by Crippen LogP contribution is -2.20. The van der Waals surface area contributed by atoms with Crippen LogP contribution in [0.2, 0.25) is 0 Å². The lowest BCUT2D eigenvalue weighted by atomic mass is 9.96. The van der Waals surface area contributed by atoms with Gasteiger partial charge in [0, 0.05) is 11.8 Å². The number of nitrogens with one attached hydrogen (secondary N) is 1. The van der Waals surface area contributed by atoms with Gasteiger partial charge in [-0.1, -0.05) is 18.2 Å². The third kappa shape index (κ3) is 2.94. The minimum absolute atomic E-state index is 0.192. The summed E-state index contributed by atoms with van der Waals surface area (Å²) in [6, 6.07) is 14.0. The van der Waals surface area contributed by atoms with Crippen LogP contribution in [0.15, 0.2) is 53.1 Å². The second-order valence-electron chi connectivity index (χ2n) is 6.59. The fourth-order valence-electron chi connectivity index (χ4n) is 3.48. The Morgan fingerprint density at radius 3 is 2.96 bits per heavy atom. The van der Waals surface area contributed by atoms with E-state index in [1.165, 1.54) is 5.56 Å². The number of hydrogen-bond acceptors (Lipinski definition) is 5. The first-order valence-electron chi connectivity index (χ1n) is 8.66. The molecule has 7 heteroatoms. The summed E-state index contributed by atoms with van der Waals surface area (Å²) in [5.41, 5.74) is 10.6. The highest BCUT2D eigenvalue weighted by molar-refractivity contribution is 9.10. The standard InChI is InChI=1S/C20H16BrN5O/c21-14-3-1-2-12-8-13(10-27-18(12)14)19-24-16-5-4-11(9-17(16)25-19)15-6-7-23-20(22)26-15/h1-7,9,13H,8,10H2,(H,24,25)(H2,22,23,26). The fourth-order valence-corrected chi connectivity index (χ4v) is 4.00. The highest BCUT2D eigenvalue weighted by Gasteiger charge is 2.25. The van der Waals surface area contributed by atoms with Gasteiger partial charge in [0.1, 0.15) is 11.6 Å². The van der Waals surface area contributed by atoms with Crippen LogP contribution in [0.25, 0.3) is 22.3 Å². The highest BCUT2D eigenvalue weighted by Crippen LogP contribution is 2.37. The lowest BCUT2D eigenvalue weighted by molar-refractivity contribution is 0.257. The number of rotatable bonds is 2. The van der Waals surface area contributed by atoms with Crippen LogP contribution in [0, 0.1) is 0 Å². The Morgan fingerprint density at radius 2 is 2.07 bits per heavy atom. The molecule has 0 spiro atoms. The average Bonchev–Trinajstić information content (AvgIpc) is 3.11. The Bertz CT molecular complexity index is 1160. The molecular formula is C20H16BrN5O. The number of halogens is 1. The molecule has 0 saturated heterocycles. The summed E-state index contributed by atoms with van der Waals surface area (Å²) in [6.07, 6.45) is 2.55. The molecule has 1 aliphatic heterocycles. The van der Waals surface area contributed by atoms with Crippen LogP contribution in [0.3, 0.4) is 0 Å². The quantitative estimate of drug-likeness (QED) is 0.508. The SMILES string of the molecule is Nc1nccc(-c2ccc3nc(C4COc5c(Br)cccc5C4)[nH]c3c2)n1. The van der Waals surface area contributed by atoms with Crippen molar-refractivity contribution in [3.8, 4) is 17.0 Å². The number of ether oxygens (including phenoxy) is 1. The second-order valence-corrected chi connectivity index (χ2v) is 7.45. The topological polar surface area (TPSA) is 89.7 Å². The van der Waals surface area contributed by atoms with E-state index in [1.807, 2.05) is 36.4 Å². The van der Waals surface area contributed by atoms with Gasteiger partial charge in [-0.05, 0) is 52.2 Å². The molecule has 0 fully saturated rings. The van der Waals surface area contributed by atoms with Gasteiger partial charge >= 0.3 is 0 Å². The maximum Gasteiger partial charge on any atom is 0.220 e. The van der Waals surface area contributed by atoms with Crippen molar-refractivity contribution in [2.45, 2.75) is 12.3 Å². The summed E-state index contributed by atoms with van der Waals surface area (Å²) >= 11 is 3.55. The smallest absolute Gasteiger partial charge is 0.220 e. The zero-order valence-electron chi connectivity index (χ0n) is 14.3. The minimum atomic E-state index is 0.192. The monoisotopic (exact) mass is 421 g/mol. The van der Waals surface area contributed by atoms with Crippen LogP contribution < -0.4 is 10.5 Å². The number of nitrogens with two attached hydrogens (primary N) is 1. The predicted octanol–water partition coefficient (Wildman–Crippen LogP) is 4.08. The Labute approximate surface area is 164 Å². The molecule has 0 bridgehead atoms. The zero-order valence-corrected chi connectivity index (χ0v) is 15.9. The normalized spacial score (nSPS) is 16.1. The van der Waals surface area contributed by atoms with Gasteiger partial charge in [0.2, 0.25) is 5.95 Å². The van der Waals surface area contributed by atoms with Crippen LogP contribution in [-0.2, 0) is 6.42 Å². The first-order valence-corrected chi connectivity index (χ1v) is 9.45. The van der Waals surface area contributed by atoms with Crippen molar-refractivity contribution >= 4 is 32.9 Å². The number of aromatic nitrogens is 4. The number of fused-ring (bicyclic) bond motifs is 2. The summed E-state index contributed by atoms with van der Waals surface area (Å²) in [5, 5.41) is 0. The maximum atomic E-state index is 5.99. The van der Waals surface area contributed by atoms with Crippen LogP contribution in [0.5, 0.6) is 5.75 Å². The molecule has 0 saturated carbocycles. The third-order valence-corrected chi connectivity index (χ3v) is 5.43. The number of imidazole rings is 1. The molecular weight excluding hydrogens is 406 g/mol. The van der Waals surface area contributed by atoms with Crippen molar-refractivity contribution in [3.63, 3.8) is 0 Å². The van der Waals surface area contributed by atoms with E-state index < -0.39 is 0 Å². The number of benzene rings is 2. The molecule has 1 unspecified atom stereocenters. The van der Waals surface area contributed by atoms with E-state index in [-0.39, 0.29) is 11.9 Å². The van der Waals surface area contributed by atoms with E-state index in [1.54, 1.807) is 6.20 Å². The van der Waals surface area contributed by atoms with Crippen molar-refractivity contribution in [3.05, 3.63) is 64.5 Å². The van der Waals surface area contributed by atoms with Crippen LogP contribution in [0.1, 0.15) is 17.3 Å². The molecule has 1 aliphatic rings. The summed E-state index contributed by atoms with van der Waals surface area (Å²) < 4.78 is 6.98.